The molecule has 7 nitrogen and oxygen atoms in total. The number of hydrogen-bond donors (Lipinski definition) is 2. The first kappa shape index (κ1) is 16.5. The van der Waals surface area contributed by atoms with E-state index in [0.717, 1.165) is 0 Å². The monoisotopic (exact) mass is 294 g/mol. The fourth-order valence-electron chi connectivity index (χ4n) is 1.68. The van der Waals surface area contributed by atoms with Gasteiger partial charge in [0.1, 0.15) is 6.54 Å². The predicted molar refractivity (Wildman–Crippen MR) is 76.4 cm³/mol. The van der Waals surface area contributed by atoms with Gasteiger partial charge in [0, 0.05) is 12.2 Å². The topological polar surface area (TPSA) is 95.9 Å². The summed E-state index contributed by atoms with van der Waals surface area (Å²) in [5.74, 6) is -1.54. The minimum absolute atomic E-state index is 0.146. The minimum atomic E-state index is -1.03. The summed E-state index contributed by atoms with van der Waals surface area (Å²) in [6.45, 7) is 3.62. The number of ether oxygens (including phenoxy) is 1. The third-order valence-corrected chi connectivity index (χ3v) is 2.93. The van der Waals surface area contributed by atoms with Gasteiger partial charge in [0.15, 0.2) is 0 Å². The van der Waals surface area contributed by atoms with Crippen molar-refractivity contribution in [2.75, 3.05) is 25.5 Å². The third kappa shape index (κ3) is 4.48. The molecule has 1 rings (SSSR count). The lowest BCUT2D eigenvalue weighted by Gasteiger charge is -2.20. The summed E-state index contributed by atoms with van der Waals surface area (Å²) in [5.41, 5.74) is 1.26. The molecule has 0 heterocycles. The van der Waals surface area contributed by atoms with Crippen LogP contribution in [0.25, 0.3) is 0 Å². The number of rotatable bonds is 5. The summed E-state index contributed by atoms with van der Waals surface area (Å²) in [6, 6.07) is 3.94. The lowest BCUT2D eigenvalue weighted by Crippen LogP contribution is -2.39. The van der Waals surface area contributed by atoms with Crippen LogP contribution in [0.4, 0.5) is 10.5 Å². The number of methoxy groups -OCH3 is 1. The van der Waals surface area contributed by atoms with Crippen LogP contribution in [0.3, 0.4) is 0 Å². The van der Waals surface area contributed by atoms with Gasteiger partial charge in [-0.05, 0) is 37.6 Å². The second-order valence-electron chi connectivity index (χ2n) is 4.36. The van der Waals surface area contributed by atoms with Gasteiger partial charge in [0.05, 0.1) is 12.7 Å². The molecule has 1 aromatic carbocycles. The average molecular weight is 294 g/mol. The molecule has 21 heavy (non-hydrogen) atoms. The van der Waals surface area contributed by atoms with E-state index in [1.165, 1.54) is 30.2 Å². The maximum atomic E-state index is 12.1. The number of carboxylic acids is 1. The van der Waals surface area contributed by atoms with E-state index in [1.54, 1.807) is 13.8 Å². The van der Waals surface area contributed by atoms with Crippen molar-refractivity contribution < 1.29 is 24.2 Å². The Labute approximate surface area is 122 Å². The summed E-state index contributed by atoms with van der Waals surface area (Å²) in [6.07, 6.45) is 0. The molecule has 0 spiro atoms. The molecule has 0 aliphatic carbocycles. The zero-order chi connectivity index (χ0) is 16.0. The molecule has 0 aromatic heterocycles. The van der Waals surface area contributed by atoms with Crippen molar-refractivity contribution in [2.45, 2.75) is 13.8 Å². The smallest absolute Gasteiger partial charge is 0.335 e. The Morgan fingerprint density at radius 2 is 2.00 bits per heavy atom. The number of urea groups is 1. The lowest BCUT2D eigenvalue weighted by atomic mass is 10.1. The van der Waals surface area contributed by atoms with Gasteiger partial charge in [-0.15, -0.1) is 0 Å². The SMILES string of the molecule is CCN(CC(=O)OC)C(=O)Nc1ccc(C(=O)O)cc1C. The molecule has 7 heteroatoms. The number of aryl methyl sites for hydroxylation is 1. The highest BCUT2D eigenvalue weighted by atomic mass is 16.5. The molecule has 0 unspecified atom stereocenters. The number of hydrogen-bond acceptors (Lipinski definition) is 4. The van der Waals surface area contributed by atoms with Gasteiger partial charge >= 0.3 is 18.0 Å². The first-order valence-electron chi connectivity index (χ1n) is 6.35. The van der Waals surface area contributed by atoms with E-state index in [0.29, 0.717) is 17.8 Å². The molecule has 0 fully saturated rings. The molecule has 0 bridgehead atoms. The number of benzene rings is 1. The zero-order valence-electron chi connectivity index (χ0n) is 12.2. The van der Waals surface area contributed by atoms with Gasteiger partial charge in [-0.1, -0.05) is 0 Å². The second-order valence-corrected chi connectivity index (χ2v) is 4.36. The minimum Gasteiger partial charge on any atom is -0.478 e. The zero-order valence-corrected chi connectivity index (χ0v) is 12.2. The summed E-state index contributed by atoms with van der Waals surface area (Å²) in [4.78, 5) is 35.4. The standard InChI is InChI=1S/C14H18N2O5/c1-4-16(8-12(17)21-3)14(20)15-11-6-5-10(13(18)19)7-9(11)2/h5-7H,4,8H2,1-3H3,(H,15,20)(H,18,19). The van der Waals surface area contributed by atoms with Gasteiger partial charge in [-0.3, -0.25) is 4.79 Å². The molecular weight excluding hydrogens is 276 g/mol. The molecular formula is C14H18N2O5. The quantitative estimate of drug-likeness (QED) is 0.806. The largest absolute Gasteiger partial charge is 0.478 e. The van der Waals surface area contributed by atoms with Gasteiger partial charge in [0.2, 0.25) is 0 Å². The van der Waals surface area contributed by atoms with Crippen LogP contribution >= 0.6 is 0 Å². The van der Waals surface area contributed by atoms with Gasteiger partial charge in [-0.25, -0.2) is 9.59 Å². The Hall–Kier alpha value is -2.57. The number of amides is 2. The average Bonchev–Trinajstić information content (AvgIpc) is 2.46. The molecule has 2 N–H and O–H groups in total. The van der Waals surface area contributed by atoms with Crippen molar-refractivity contribution in [3.05, 3.63) is 29.3 Å². The van der Waals surface area contributed by atoms with E-state index in [1.807, 2.05) is 0 Å². The number of esters is 1. The molecule has 1 aromatic rings. The van der Waals surface area contributed by atoms with Crippen molar-refractivity contribution in [1.29, 1.82) is 0 Å². The van der Waals surface area contributed by atoms with E-state index in [4.69, 9.17) is 5.11 Å². The van der Waals surface area contributed by atoms with Crippen molar-refractivity contribution in [1.82, 2.24) is 4.90 Å². The van der Waals surface area contributed by atoms with Crippen LogP contribution < -0.4 is 5.32 Å². The van der Waals surface area contributed by atoms with Crippen LogP contribution in [-0.4, -0.2) is 48.2 Å². The fraction of sp³-hybridized carbons (Fsp3) is 0.357. The highest BCUT2D eigenvalue weighted by Crippen LogP contribution is 2.17. The van der Waals surface area contributed by atoms with Crippen LogP contribution in [-0.2, 0) is 9.53 Å². The number of anilines is 1. The van der Waals surface area contributed by atoms with Crippen LogP contribution in [0.1, 0.15) is 22.8 Å². The van der Waals surface area contributed by atoms with Crippen LogP contribution in [0, 0.1) is 6.92 Å². The van der Waals surface area contributed by atoms with Gasteiger partial charge < -0.3 is 20.1 Å². The van der Waals surface area contributed by atoms with Crippen molar-refractivity contribution in [2.24, 2.45) is 0 Å². The van der Waals surface area contributed by atoms with E-state index >= 15 is 0 Å². The number of carbonyl (C=O) groups excluding carboxylic acids is 2. The van der Waals surface area contributed by atoms with Crippen molar-refractivity contribution >= 4 is 23.7 Å². The number of carboxylic acid groups (broad SMARTS) is 1. The van der Waals surface area contributed by atoms with E-state index in [-0.39, 0.29) is 12.1 Å². The maximum Gasteiger partial charge on any atom is 0.335 e. The number of likely N-dealkylation sites (N-methyl/N-ethyl adjacent to an activating group) is 1. The molecule has 0 saturated carbocycles. The molecule has 114 valence electrons. The second kappa shape index (κ2) is 7.28. The Balaban J connectivity index is 2.82. The normalized spacial score (nSPS) is 9.86. The Kier molecular flexibility index (Phi) is 5.71. The Morgan fingerprint density at radius 1 is 1.33 bits per heavy atom. The Bertz CT molecular complexity index is 556. The first-order valence-corrected chi connectivity index (χ1v) is 6.35. The van der Waals surface area contributed by atoms with Crippen molar-refractivity contribution in [3.63, 3.8) is 0 Å². The molecule has 2 amide bonds. The summed E-state index contributed by atoms with van der Waals surface area (Å²) in [5, 5.41) is 11.5. The van der Waals surface area contributed by atoms with Crippen molar-refractivity contribution in [3.8, 4) is 0 Å². The number of aromatic carboxylic acids is 1. The summed E-state index contributed by atoms with van der Waals surface area (Å²) in [7, 11) is 1.25. The molecule has 0 aliphatic heterocycles. The highest BCUT2D eigenvalue weighted by Gasteiger charge is 2.17. The molecule has 0 saturated heterocycles. The predicted octanol–water partition coefficient (Wildman–Crippen LogP) is 1.72. The summed E-state index contributed by atoms with van der Waals surface area (Å²) >= 11 is 0. The molecule has 0 radical (unpaired) electrons. The highest BCUT2D eigenvalue weighted by molar-refractivity contribution is 5.93. The summed E-state index contributed by atoms with van der Waals surface area (Å²) < 4.78 is 4.52. The first-order chi connectivity index (χ1) is 9.88. The third-order valence-electron chi connectivity index (χ3n) is 2.93. The van der Waals surface area contributed by atoms with E-state index < -0.39 is 18.0 Å². The van der Waals surface area contributed by atoms with Crippen LogP contribution in [0.2, 0.25) is 0 Å². The molecule has 0 aliphatic rings. The number of carbonyl (C=O) groups is 3. The number of nitrogens with one attached hydrogen (secondary N) is 1. The van der Waals surface area contributed by atoms with Crippen LogP contribution in [0.15, 0.2) is 18.2 Å². The van der Waals surface area contributed by atoms with Crippen LogP contribution in [0.5, 0.6) is 0 Å². The number of nitrogens with zero attached hydrogens (tertiary/aromatic N) is 1. The van der Waals surface area contributed by atoms with E-state index in [2.05, 4.69) is 10.1 Å². The van der Waals surface area contributed by atoms with Gasteiger partial charge in [0.25, 0.3) is 0 Å². The Morgan fingerprint density at radius 3 is 2.48 bits per heavy atom. The maximum absolute atomic E-state index is 12.1. The van der Waals surface area contributed by atoms with Gasteiger partial charge in [-0.2, -0.15) is 0 Å². The lowest BCUT2D eigenvalue weighted by molar-refractivity contribution is -0.141. The fourth-order valence-corrected chi connectivity index (χ4v) is 1.68. The van der Waals surface area contributed by atoms with E-state index in [9.17, 15) is 14.4 Å². The molecule has 0 atom stereocenters.